The Balaban J connectivity index is 2.96. The number of nitrogens with zero attached hydrogens (tertiary/aromatic N) is 4. The molecular weight excluding hydrogens is 152 g/mol. The predicted octanol–water partition coefficient (Wildman–Crippen LogP) is 0.409. The summed E-state index contributed by atoms with van der Waals surface area (Å²) in [7, 11) is 7.69. The predicted molar refractivity (Wildman–Crippen MR) is 49.5 cm³/mol. The fourth-order valence-electron chi connectivity index (χ4n) is 0.737. The van der Waals surface area contributed by atoms with E-state index in [0.717, 1.165) is 5.82 Å². The lowest BCUT2D eigenvalue weighted by Crippen LogP contribution is -2.16. The third kappa shape index (κ3) is 1.84. The van der Waals surface area contributed by atoms with Gasteiger partial charge in [-0.15, -0.1) is 0 Å². The largest absolute Gasteiger partial charge is 0.363 e. The zero-order chi connectivity index (χ0) is 9.14. The maximum absolute atomic E-state index is 4.28. The minimum Gasteiger partial charge on any atom is -0.363 e. The monoisotopic (exact) mass is 165 g/mol. The lowest BCUT2D eigenvalue weighted by atomic mass is 10.5. The molecule has 4 heteroatoms. The highest BCUT2D eigenvalue weighted by Gasteiger charge is 2.01. The Hall–Kier alpha value is -1.32. The van der Waals surface area contributed by atoms with Crippen LogP contribution in [0.4, 0.5) is 11.8 Å². The molecule has 65 valence electrons. The van der Waals surface area contributed by atoms with E-state index in [4.69, 9.17) is 0 Å². The molecule has 0 amide bonds. The maximum atomic E-state index is 4.28. The van der Waals surface area contributed by atoms with Crippen LogP contribution in [-0.4, -0.2) is 38.2 Å². The second-order valence-corrected chi connectivity index (χ2v) is 2.94. The minimum atomic E-state index is 0.682. The molecule has 0 atom stereocenters. The van der Waals surface area contributed by atoms with Crippen LogP contribution < -0.4 is 9.80 Å². The molecule has 0 spiro atoms. The van der Waals surface area contributed by atoms with Gasteiger partial charge in [0.25, 0.3) is 0 Å². The van der Waals surface area contributed by atoms with E-state index in [9.17, 15) is 0 Å². The van der Waals surface area contributed by atoms with Crippen LogP contribution in [0.15, 0.2) is 6.07 Å². The van der Waals surface area contributed by atoms with Crippen LogP contribution in [0.5, 0.6) is 0 Å². The fourth-order valence-corrected chi connectivity index (χ4v) is 0.737. The molecule has 0 unspecified atom stereocenters. The Labute approximate surface area is 72.9 Å². The molecular formula is C8H13N4. The van der Waals surface area contributed by atoms with Crippen molar-refractivity contribution in [2.45, 2.75) is 0 Å². The summed E-state index contributed by atoms with van der Waals surface area (Å²) < 4.78 is 0. The molecule has 12 heavy (non-hydrogen) atoms. The maximum Gasteiger partial charge on any atom is 0.227 e. The normalized spacial score (nSPS) is 9.67. The van der Waals surface area contributed by atoms with Crippen LogP contribution in [0, 0.1) is 6.20 Å². The summed E-state index contributed by atoms with van der Waals surface area (Å²) in [6, 6.07) is 1.76. The van der Waals surface area contributed by atoms with E-state index in [-0.39, 0.29) is 0 Å². The Morgan fingerprint density at radius 2 is 1.83 bits per heavy atom. The van der Waals surface area contributed by atoms with Crippen LogP contribution in [0.2, 0.25) is 0 Å². The van der Waals surface area contributed by atoms with Crippen molar-refractivity contribution in [2.75, 3.05) is 38.0 Å². The Bertz CT molecular complexity index is 234. The Kier molecular flexibility index (Phi) is 2.47. The van der Waals surface area contributed by atoms with E-state index in [1.165, 1.54) is 0 Å². The van der Waals surface area contributed by atoms with Gasteiger partial charge in [-0.05, 0) is 0 Å². The molecule has 0 aliphatic carbocycles. The van der Waals surface area contributed by atoms with E-state index >= 15 is 0 Å². The van der Waals surface area contributed by atoms with Gasteiger partial charge in [-0.2, -0.15) is 4.98 Å². The van der Waals surface area contributed by atoms with Crippen LogP contribution in [0.3, 0.4) is 0 Å². The summed E-state index contributed by atoms with van der Waals surface area (Å²) in [5.74, 6) is 1.55. The Morgan fingerprint density at radius 3 is 2.33 bits per heavy atom. The van der Waals surface area contributed by atoms with Gasteiger partial charge < -0.3 is 9.80 Å². The molecule has 1 aromatic rings. The molecule has 0 saturated heterocycles. The summed E-state index contributed by atoms with van der Waals surface area (Å²) in [5.41, 5.74) is 0. The highest BCUT2D eigenvalue weighted by molar-refractivity contribution is 5.40. The second kappa shape index (κ2) is 3.38. The molecule has 4 nitrogen and oxygen atoms in total. The first kappa shape index (κ1) is 8.77. The van der Waals surface area contributed by atoms with E-state index < -0.39 is 0 Å². The first-order chi connectivity index (χ1) is 5.61. The zero-order valence-electron chi connectivity index (χ0n) is 7.87. The smallest absolute Gasteiger partial charge is 0.227 e. The number of hydrogen-bond donors (Lipinski definition) is 0. The van der Waals surface area contributed by atoms with Gasteiger partial charge in [0.05, 0.1) is 6.20 Å². The molecule has 1 rings (SSSR count). The van der Waals surface area contributed by atoms with Gasteiger partial charge in [-0.25, -0.2) is 4.98 Å². The van der Waals surface area contributed by atoms with Crippen LogP contribution >= 0.6 is 0 Å². The first-order valence-electron chi connectivity index (χ1n) is 3.71. The molecule has 1 heterocycles. The van der Waals surface area contributed by atoms with E-state index in [1.807, 2.05) is 38.0 Å². The van der Waals surface area contributed by atoms with Crippen molar-refractivity contribution < 1.29 is 0 Å². The third-order valence-corrected chi connectivity index (χ3v) is 1.43. The van der Waals surface area contributed by atoms with Crippen molar-refractivity contribution in [1.82, 2.24) is 9.97 Å². The van der Waals surface area contributed by atoms with E-state index in [1.54, 1.807) is 6.07 Å². The minimum absolute atomic E-state index is 0.682. The number of aromatic nitrogens is 2. The quantitative estimate of drug-likeness (QED) is 0.635. The molecule has 0 aliphatic rings. The van der Waals surface area contributed by atoms with Crippen molar-refractivity contribution in [3.05, 3.63) is 12.3 Å². The summed E-state index contributed by atoms with van der Waals surface area (Å²) in [6.45, 7) is 0. The average Bonchev–Trinajstić information content (AvgIpc) is 2.04. The lowest BCUT2D eigenvalue weighted by Gasteiger charge is -2.14. The summed E-state index contributed by atoms with van der Waals surface area (Å²) >= 11 is 0. The lowest BCUT2D eigenvalue weighted by molar-refractivity contribution is 0.965. The number of rotatable bonds is 2. The van der Waals surface area contributed by atoms with Crippen molar-refractivity contribution >= 4 is 11.8 Å². The number of hydrogen-bond acceptors (Lipinski definition) is 4. The summed E-state index contributed by atoms with van der Waals surface area (Å²) in [5, 5.41) is 0. The molecule has 0 aromatic carbocycles. The first-order valence-corrected chi connectivity index (χ1v) is 3.71. The third-order valence-electron chi connectivity index (χ3n) is 1.43. The van der Waals surface area contributed by atoms with Gasteiger partial charge in [-0.1, -0.05) is 0 Å². The standard InChI is InChI=1S/C8H13N4/c1-11(2)7-5-6-9-8(10-7)12(3)4/h5H,1-4H3. The van der Waals surface area contributed by atoms with E-state index in [2.05, 4.69) is 16.2 Å². The van der Waals surface area contributed by atoms with Crippen molar-refractivity contribution in [3.8, 4) is 0 Å². The van der Waals surface area contributed by atoms with Gasteiger partial charge in [0.1, 0.15) is 5.82 Å². The van der Waals surface area contributed by atoms with Crippen molar-refractivity contribution in [3.63, 3.8) is 0 Å². The summed E-state index contributed by atoms with van der Waals surface area (Å²) in [6.07, 6.45) is 2.80. The summed E-state index contributed by atoms with van der Waals surface area (Å²) in [4.78, 5) is 12.0. The van der Waals surface area contributed by atoms with Crippen LogP contribution in [0.1, 0.15) is 0 Å². The van der Waals surface area contributed by atoms with Crippen LogP contribution in [0.25, 0.3) is 0 Å². The molecule has 1 radical (unpaired) electrons. The Morgan fingerprint density at radius 1 is 1.17 bits per heavy atom. The van der Waals surface area contributed by atoms with Crippen LogP contribution in [-0.2, 0) is 0 Å². The van der Waals surface area contributed by atoms with Crippen molar-refractivity contribution in [2.24, 2.45) is 0 Å². The fraction of sp³-hybridized carbons (Fsp3) is 0.500. The molecule has 0 fully saturated rings. The highest BCUT2D eigenvalue weighted by atomic mass is 15.2. The number of anilines is 2. The molecule has 1 aromatic heterocycles. The molecule has 0 N–H and O–H groups in total. The highest BCUT2D eigenvalue weighted by Crippen LogP contribution is 2.09. The SMILES string of the molecule is CN(C)c1c[c]nc(N(C)C)n1. The van der Waals surface area contributed by atoms with Gasteiger partial charge in [-0.3, -0.25) is 0 Å². The zero-order valence-corrected chi connectivity index (χ0v) is 7.87. The van der Waals surface area contributed by atoms with Gasteiger partial charge >= 0.3 is 0 Å². The van der Waals surface area contributed by atoms with Gasteiger partial charge in [0.2, 0.25) is 5.95 Å². The second-order valence-electron chi connectivity index (χ2n) is 2.94. The average molecular weight is 165 g/mol. The topological polar surface area (TPSA) is 32.3 Å². The molecule has 0 saturated carbocycles. The van der Waals surface area contributed by atoms with Gasteiger partial charge in [0.15, 0.2) is 0 Å². The van der Waals surface area contributed by atoms with E-state index in [0.29, 0.717) is 5.95 Å². The molecule has 0 bridgehead atoms. The van der Waals surface area contributed by atoms with Gasteiger partial charge in [0, 0.05) is 34.3 Å². The molecule has 0 aliphatic heterocycles. The van der Waals surface area contributed by atoms with Crippen molar-refractivity contribution in [1.29, 1.82) is 0 Å².